The molecule has 0 aliphatic carbocycles. The number of ether oxygens (including phenoxy) is 1. The van der Waals surface area contributed by atoms with Gasteiger partial charge in [0.15, 0.2) is 0 Å². The maximum atomic E-state index is 12.8. The largest absolute Gasteiger partial charge is 0.469 e. The van der Waals surface area contributed by atoms with Gasteiger partial charge in [0.25, 0.3) is 0 Å². The molecule has 1 aromatic rings. The van der Waals surface area contributed by atoms with Crippen molar-refractivity contribution >= 4 is 11.7 Å². The molecule has 0 heterocycles. The van der Waals surface area contributed by atoms with E-state index in [2.05, 4.69) is 4.74 Å². The number of alkyl halides is 3. The van der Waals surface area contributed by atoms with E-state index < -0.39 is 17.7 Å². The lowest BCUT2D eigenvalue weighted by molar-refractivity contribution is -0.140. The fraction of sp³-hybridized carbons (Fsp3) is 0.417. The molecule has 0 radical (unpaired) electrons. The average molecular weight is 261 g/mol. The van der Waals surface area contributed by atoms with Crippen molar-refractivity contribution in [2.24, 2.45) is 0 Å². The number of nitrogens with zero attached hydrogens (tertiary/aromatic N) is 1. The quantitative estimate of drug-likeness (QED) is 0.780. The first kappa shape index (κ1) is 14.3. The molecular formula is C12H14F3NO2. The number of carbonyl (C=O) groups excluding carboxylic acids is 1. The van der Waals surface area contributed by atoms with Gasteiger partial charge in [-0.3, -0.25) is 4.79 Å². The molecule has 0 N–H and O–H groups in total. The summed E-state index contributed by atoms with van der Waals surface area (Å²) >= 11 is 0. The number of rotatable bonds is 4. The second kappa shape index (κ2) is 5.75. The van der Waals surface area contributed by atoms with Crippen LogP contribution in [-0.4, -0.2) is 26.7 Å². The summed E-state index contributed by atoms with van der Waals surface area (Å²) in [6, 6.07) is 5.25. The average Bonchev–Trinajstić information content (AvgIpc) is 2.34. The van der Waals surface area contributed by atoms with Crippen LogP contribution < -0.4 is 4.90 Å². The zero-order valence-corrected chi connectivity index (χ0v) is 10.1. The molecule has 0 atom stereocenters. The van der Waals surface area contributed by atoms with Crippen molar-refractivity contribution < 1.29 is 22.7 Å². The summed E-state index contributed by atoms with van der Waals surface area (Å²) in [5.74, 6) is -0.452. The van der Waals surface area contributed by atoms with Crippen molar-refractivity contribution in [3.05, 3.63) is 29.8 Å². The second-order valence-electron chi connectivity index (χ2n) is 3.76. The molecule has 0 aromatic heterocycles. The summed E-state index contributed by atoms with van der Waals surface area (Å²) in [5, 5.41) is 0. The third-order valence-electron chi connectivity index (χ3n) is 2.50. The van der Waals surface area contributed by atoms with E-state index in [-0.39, 0.29) is 18.7 Å². The van der Waals surface area contributed by atoms with Gasteiger partial charge in [-0.25, -0.2) is 0 Å². The van der Waals surface area contributed by atoms with Gasteiger partial charge in [0.2, 0.25) is 0 Å². The van der Waals surface area contributed by atoms with E-state index >= 15 is 0 Å². The van der Waals surface area contributed by atoms with E-state index in [0.717, 1.165) is 6.07 Å². The van der Waals surface area contributed by atoms with E-state index in [1.54, 1.807) is 0 Å². The van der Waals surface area contributed by atoms with Crippen LogP contribution in [0.4, 0.5) is 18.9 Å². The van der Waals surface area contributed by atoms with E-state index in [1.165, 1.54) is 37.3 Å². The van der Waals surface area contributed by atoms with Crippen LogP contribution in [0.2, 0.25) is 0 Å². The third-order valence-corrected chi connectivity index (χ3v) is 2.50. The van der Waals surface area contributed by atoms with Crippen LogP contribution >= 0.6 is 0 Å². The van der Waals surface area contributed by atoms with E-state index in [0.29, 0.717) is 0 Å². The fourth-order valence-electron chi connectivity index (χ4n) is 1.53. The Labute approximate surface area is 103 Å². The zero-order valence-electron chi connectivity index (χ0n) is 10.1. The van der Waals surface area contributed by atoms with Crippen molar-refractivity contribution in [2.45, 2.75) is 12.6 Å². The molecule has 0 aliphatic heterocycles. The summed E-state index contributed by atoms with van der Waals surface area (Å²) in [7, 11) is 2.75. The standard InChI is InChI=1S/C12H14F3NO2/c1-16(8-7-11(17)18-2)10-6-4-3-5-9(10)12(13,14)15/h3-6H,7-8H2,1-2H3. The van der Waals surface area contributed by atoms with E-state index in [9.17, 15) is 18.0 Å². The number of hydrogen-bond donors (Lipinski definition) is 0. The Hall–Kier alpha value is -1.72. The first-order valence-electron chi connectivity index (χ1n) is 5.30. The molecule has 1 aromatic carbocycles. The smallest absolute Gasteiger partial charge is 0.418 e. The van der Waals surface area contributed by atoms with Crippen LogP contribution in [-0.2, 0) is 15.7 Å². The van der Waals surface area contributed by atoms with Crippen LogP contribution in [0.15, 0.2) is 24.3 Å². The van der Waals surface area contributed by atoms with E-state index in [4.69, 9.17) is 0 Å². The highest BCUT2D eigenvalue weighted by Crippen LogP contribution is 2.35. The second-order valence-corrected chi connectivity index (χ2v) is 3.76. The van der Waals surface area contributed by atoms with Gasteiger partial charge in [-0.2, -0.15) is 13.2 Å². The predicted molar refractivity (Wildman–Crippen MR) is 61.3 cm³/mol. The van der Waals surface area contributed by atoms with E-state index in [1.807, 2.05) is 0 Å². The van der Waals surface area contributed by atoms with Crippen molar-refractivity contribution in [1.82, 2.24) is 0 Å². The molecule has 0 saturated carbocycles. The maximum Gasteiger partial charge on any atom is 0.418 e. The van der Waals surface area contributed by atoms with Crippen molar-refractivity contribution in [1.29, 1.82) is 0 Å². The molecule has 0 fully saturated rings. The molecule has 3 nitrogen and oxygen atoms in total. The zero-order chi connectivity index (χ0) is 13.8. The normalized spacial score (nSPS) is 11.2. The number of methoxy groups -OCH3 is 1. The van der Waals surface area contributed by atoms with Gasteiger partial charge in [-0.05, 0) is 12.1 Å². The molecule has 0 bridgehead atoms. The van der Waals surface area contributed by atoms with Crippen molar-refractivity contribution in [2.75, 3.05) is 25.6 Å². The Morgan fingerprint density at radius 1 is 1.33 bits per heavy atom. The first-order chi connectivity index (χ1) is 8.36. The summed E-state index contributed by atoms with van der Waals surface area (Å²) in [6.07, 6.45) is -4.37. The summed E-state index contributed by atoms with van der Waals surface area (Å²) in [4.78, 5) is 12.3. The molecule has 0 saturated heterocycles. The van der Waals surface area contributed by atoms with Gasteiger partial charge >= 0.3 is 12.1 Å². The minimum atomic E-state index is -4.41. The van der Waals surface area contributed by atoms with Crippen LogP contribution in [0, 0.1) is 0 Å². The lowest BCUT2D eigenvalue weighted by atomic mass is 10.1. The number of halogens is 3. The number of para-hydroxylation sites is 1. The van der Waals surface area contributed by atoms with Crippen molar-refractivity contribution in [3.8, 4) is 0 Å². The van der Waals surface area contributed by atoms with Crippen LogP contribution in [0.25, 0.3) is 0 Å². The number of benzene rings is 1. The van der Waals surface area contributed by atoms with Crippen LogP contribution in [0.3, 0.4) is 0 Å². The highest BCUT2D eigenvalue weighted by molar-refractivity contribution is 5.70. The van der Waals surface area contributed by atoms with Gasteiger partial charge in [-0.15, -0.1) is 0 Å². The number of anilines is 1. The van der Waals surface area contributed by atoms with Crippen molar-refractivity contribution in [3.63, 3.8) is 0 Å². The van der Waals surface area contributed by atoms with Crippen LogP contribution in [0.5, 0.6) is 0 Å². The molecule has 0 unspecified atom stereocenters. The fourth-order valence-corrected chi connectivity index (χ4v) is 1.53. The highest BCUT2D eigenvalue weighted by Gasteiger charge is 2.34. The molecule has 18 heavy (non-hydrogen) atoms. The lowest BCUT2D eigenvalue weighted by Gasteiger charge is -2.22. The molecule has 6 heteroatoms. The predicted octanol–water partition coefficient (Wildman–Crippen LogP) is 2.70. The Balaban J connectivity index is 2.86. The Morgan fingerprint density at radius 2 is 1.94 bits per heavy atom. The Kier molecular flexibility index (Phi) is 4.58. The minimum absolute atomic E-state index is 0.0409. The van der Waals surface area contributed by atoms with Gasteiger partial charge in [-0.1, -0.05) is 12.1 Å². The van der Waals surface area contributed by atoms with Crippen LogP contribution in [0.1, 0.15) is 12.0 Å². The molecule has 1 rings (SSSR count). The molecule has 100 valence electrons. The Bertz CT molecular complexity index is 418. The number of hydrogen-bond acceptors (Lipinski definition) is 3. The number of esters is 1. The SMILES string of the molecule is COC(=O)CCN(C)c1ccccc1C(F)(F)F. The summed E-state index contributed by atoms with van der Waals surface area (Å²) < 4.78 is 42.7. The first-order valence-corrected chi connectivity index (χ1v) is 5.30. The third kappa shape index (κ3) is 3.65. The molecule has 0 aliphatic rings. The lowest BCUT2D eigenvalue weighted by Crippen LogP contribution is -2.24. The highest BCUT2D eigenvalue weighted by atomic mass is 19.4. The van der Waals surface area contributed by atoms with Gasteiger partial charge in [0.1, 0.15) is 0 Å². The summed E-state index contributed by atoms with van der Waals surface area (Å²) in [6.45, 7) is 0.166. The van der Waals surface area contributed by atoms with Gasteiger partial charge in [0, 0.05) is 19.3 Å². The molecular weight excluding hydrogens is 247 g/mol. The Morgan fingerprint density at radius 3 is 2.50 bits per heavy atom. The van der Waals surface area contributed by atoms with Gasteiger partial charge in [0.05, 0.1) is 19.1 Å². The monoisotopic (exact) mass is 261 g/mol. The topological polar surface area (TPSA) is 29.5 Å². The summed E-state index contributed by atoms with van der Waals surface area (Å²) in [5.41, 5.74) is -0.661. The minimum Gasteiger partial charge on any atom is -0.469 e. The van der Waals surface area contributed by atoms with Gasteiger partial charge < -0.3 is 9.64 Å². The molecule has 0 spiro atoms. The molecule has 0 amide bonds. The number of carbonyl (C=O) groups is 1. The maximum absolute atomic E-state index is 12.8.